The summed E-state index contributed by atoms with van der Waals surface area (Å²) in [6, 6.07) is 16.4. The van der Waals surface area contributed by atoms with Crippen molar-refractivity contribution in [2.75, 3.05) is 0 Å². The molecule has 0 aliphatic rings. The molecule has 0 aromatic heterocycles. The fraction of sp³-hybridized carbons (Fsp3) is 0.250. The number of ether oxygens (including phenoxy) is 1. The zero-order valence-electron chi connectivity index (χ0n) is 11.0. The summed E-state index contributed by atoms with van der Waals surface area (Å²) < 4.78 is 6.83. The lowest BCUT2D eigenvalue weighted by molar-refractivity contribution is 0.306. The molecule has 0 aliphatic heterocycles. The molecule has 0 radical (unpaired) electrons. The largest absolute Gasteiger partial charge is 0.489 e. The van der Waals surface area contributed by atoms with Crippen molar-refractivity contribution in [3.63, 3.8) is 0 Å². The van der Waals surface area contributed by atoms with Gasteiger partial charge in [-0.05, 0) is 48.7 Å². The lowest BCUT2D eigenvalue weighted by atomic mass is 10.1. The second-order valence-corrected chi connectivity index (χ2v) is 5.66. The van der Waals surface area contributed by atoms with Gasteiger partial charge in [0.1, 0.15) is 12.4 Å². The van der Waals surface area contributed by atoms with E-state index in [4.69, 9.17) is 10.5 Å². The minimum atomic E-state index is 0.188. The molecule has 100 valence electrons. The summed E-state index contributed by atoms with van der Waals surface area (Å²) in [5.74, 6) is 0.883. The first-order valence-corrected chi connectivity index (χ1v) is 7.14. The average Bonchev–Trinajstić information content (AvgIpc) is 2.37. The fourth-order valence-electron chi connectivity index (χ4n) is 1.89. The van der Waals surface area contributed by atoms with Gasteiger partial charge in [-0.3, -0.25) is 0 Å². The van der Waals surface area contributed by atoms with Crippen LogP contribution in [-0.2, 0) is 13.0 Å². The molecule has 3 heteroatoms. The summed E-state index contributed by atoms with van der Waals surface area (Å²) in [5.41, 5.74) is 8.16. The van der Waals surface area contributed by atoms with E-state index in [0.29, 0.717) is 6.61 Å². The van der Waals surface area contributed by atoms with Crippen LogP contribution in [0.5, 0.6) is 5.75 Å². The van der Waals surface area contributed by atoms with Gasteiger partial charge in [0.15, 0.2) is 0 Å². The molecule has 2 aromatic rings. The minimum Gasteiger partial charge on any atom is -0.489 e. The molecule has 0 saturated carbocycles. The van der Waals surface area contributed by atoms with Crippen molar-refractivity contribution in [1.82, 2.24) is 0 Å². The smallest absolute Gasteiger partial charge is 0.119 e. The lowest BCUT2D eigenvalue weighted by Crippen LogP contribution is -2.17. The molecule has 2 aromatic carbocycles. The summed E-state index contributed by atoms with van der Waals surface area (Å²) in [5, 5.41) is 0. The number of benzene rings is 2. The SMILES string of the molecule is CC(N)Cc1ccc(OCc2cccc(Br)c2)cc1. The van der Waals surface area contributed by atoms with Gasteiger partial charge in [-0.25, -0.2) is 0 Å². The first kappa shape index (κ1) is 14.1. The highest BCUT2D eigenvalue weighted by molar-refractivity contribution is 9.10. The molecule has 1 atom stereocenters. The van der Waals surface area contributed by atoms with Gasteiger partial charge < -0.3 is 10.5 Å². The summed E-state index contributed by atoms with van der Waals surface area (Å²) >= 11 is 3.45. The van der Waals surface area contributed by atoms with Gasteiger partial charge in [-0.1, -0.05) is 40.2 Å². The Kier molecular flexibility index (Phi) is 5.00. The van der Waals surface area contributed by atoms with Gasteiger partial charge in [-0.15, -0.1) is 0 Å². The molecule has 0 bridgehead atoms. The van der Waals surface area contributed by atoms with Crippen LogP contribution in [0.25, 0.3) is 0 Å². The van der Waals surface area contributed by atoms with E-state index < -0.39 is 0 Å². The highest BCUT2D eigenvalue weighted by Crippen LogP contribution is 2.17. The van der Waals surface area contributed by atoms with Gasteiger partial charge in [0.05, 0.1) is 0 Å². The second-order valence-electron chi connectivity index (χ2n) is 4.74. The van der Waals surface area contributed by atoms with Gasteiger partial charge in [-0.2, -0.15) is 0 Å². The predicted molar refractivity (Wildman–Crippen MR) is 82.3 cm³/mol. The van der Waals surface area contributed by atoms with E-state index in [1.807, 2.05) is 31.2 Å². The van der Waals surface area contributed by atoms with Gasteiger partial charge in [0.2, 0.25) is 0 Å². The Bertz CT molecular complexity index is 523. The summed E-state index contributed by atoms with van der Waals surface area (Å²) in [4.78, 5) is 0. The maximum absolute atomic E-state index is 5.78. The van der Waals surface area contributed by atoms with Gasteiger partial charge in [0.25, 0.3) is 0 Å². The van der Waals surface area contributed by atoms with Gasteiger partial charge >= 0.3 is 0 Å². The zero-order chi connectivity index (χ0) is 13.7. The van der Waals surface area contributed by atoms with Crippen molar-refractivity contribution in [2.24, 2.45) is 5.73 Å². The van der Waals surface area contributed by atoms with Gasteiger partial charge in [0, 0.05) is 10.5 Å². The number of nitrogens with two attached hydrogens (primary N) is 1. The number of hydrogen-bond donors (Lipinski definition) is 1. The van der Waals surface area contributed by atoms with Crippen LogP contribution < -0.4 is 10.5 Å². The van der Waals surface area contributed by atoms with E-state index in [9.17, 15) is 0 Å². The second kappa shape index (κ2) is 6.73. The highest BCUT2D eigenvalue weighted by Gasteiger charge is 2.00. The van der Waals surface area contributed by atoms with Crippen molar-refractivity contribution in [2.45, 2.75) is 26.0 Å². The van der Waals surface area contributed by atoms with Crippen LogP contribution in [0.4, 0.5) is 0 Å². The van der Waals surface area contributed by atoms with Crippen molar-refractivity contribution in [3.8, 4) is 5.75 Å². The van der Waals surface area contributed by atoms with E-state index in [-0.39, 0.29) is 6.04 Å². The molecule has 0 spiro atoms. The van der Waals surface area contributed by atoms with E-state index in [2.05, 4.69) is 40.2 Å². The molecular formula is C16H18BrNO. The Morgan fingerprint density at radius 2 is 1.84 bits per heavy atom. The van der Waals surface area contributed by atoms with E-state index in [0.717, 1.165) is 22.2 Å². The third-order valence-corrected chi connectivity index (χ3v) is 3.27. The third-order valence-electron chi connectivity index (χ3n) is 2.78. The van der Waals surface area contributed by atoms with E-state index in [1.165, 1.54) is 5.56 Å². The maximum Gasteiger partial charge on any atom is 0.119 e. The van der Waals surface area contributed by atoms with Crippen LogP contribution in [0.2, 0.25) is 0 Å². The van der Waals surface area contributed by atoms with Crippen LogP contribution in [0.15, 0.2) is 53.0 Å². The van der Waals surface area contributed by atoms with Crippen LogP contribution >= 0.6 is 15.9 Å². The maximum atomic E-state index is 5.78. The first-order valence-electron chi connectivity index (χ1n) is 6.35. The van der Waals surface area contributed by atoms with Crippen LogP contribution in [0, 0.1) is 0 Å². The quantitative estimate of drug-likeness (QED) is 0.906. The van der Waals surface area contributed by atoms with E-state index >= 15 is 0 Å². The predicted octanol–water partition coefficient (Wildman–Crippen LogP) is 3.92. The molecule has 0 amide bonds. The standard InChI is InChI=1S/C16H18BrNO/c1-12(18)9-13-5-7-16(8-6-13)19-11-14-3-2-4-15(17)10-14/h2-8,10,12H,9,11,18H2,1H3. The monoisotopic (exact) mass is 319 g/mol. The minimum absolute atomic E-state index is 0.188. The normalized spacial score (nSPS) is 12.2. The van der Waals surface area contributed by atoms with Crippen LogP contribution in [-0.4, -0.2) is 6.04 Å². The first-order chi connectivity index (χ1) is 9.13. The third kappa shape index (κ3) is 4.69. The Hall–Kier alpha value is -1.32. The molecule has 0 aliphatic carbocycles. The zero-order valence-corrected chi connectivity index (χ0v) is 12.6. The van der Waals surface area contributed by atoms with Crippen LogP contribution in [0.1, 0.15) is 18.1 Å². The van der Waals surface area contributed by atoms with E-state index in [1.54, 1.807) is 0 Å². The summed E-state index contributed by atoms with van der Waals surface area (Å²) in [7, 11) is 0. The molecule has 0 saturated heterocycles. The number of halogens is 1. The van der Waals surface area contributed by atoms with Crippen molar-refractivity contribution in [3.05, 3.63) is 64.1 Å². The molecule has 19 heavy (non-hydrogen) atoms. The molecular weight excluding hydrogens is 302 g/mol. The summed E-state index contributed by atoms with van der Waals surface area (Å²) in [6.07, 6.45) is 0.895. The molecule has 2 rings (SSSR count). The van der Waals surface area contributed by atoms with Crippen molar-refractivity contribution >= 4 is 15.9 Å². The molecule has 1 unspecified atom stereocenters. The fourth-order valence-corrected chi connectivity index (χ4v) is 2.33. The van der Waals surface area contributed by atoms with Crippen molar-refractivity contribution < 1.29 is 4.74 Å². The van der Waals surface area contributed by atoms with Crippen molar-refractivity contribution in [1.29, 1.82) is 0 Å². The highest BCUT2D eigenvalue weighted by atomic mass is 79.9. The molecule has 2 N–H and O–H groups in total. The number of hydrogen-bond acceptors (Lipinski definition) is 2. The molecule has 0 heterocycles. The Balaban J connectivity index is 1.93. The average molecular weight is 320 g/mol. The molecule has 0 fully saturated rings. The Morgan fingerprint density at radius 1 is 1.11 bits per heavy atom. The molecule has 2 nitrogen and oxygen atoms in total. The Morgan fingerprint density at radius 3 is 2.47 bits per heavy atom. The lowest BCUT2D eigenvalue weighted by Gasteiger charge is -2.09. The topological polar surface area (TPSA) is 35.2 Å². The van der Waals surface area contributed by atoms with Crippen LogP contribution in [0.3, 0.4) is 0 Å². The Labute approximate surface area is 122 Å². The summed E-state index contributed by atoms with van der Waals surface area (Å²) in [6.45, 7) is 2.59. The number of rotatable bonds is 5.